The lowest BCUT2D eigenvalue weighted by molar-refractivity contribution is -0.131. The molecular formula is C26H21BrN2O2S. The Morgan fingerprint density at radius 3 is 2.62 bits per heavy atom. The summed E-state index contributed by atoms with van der Waals surface area (Å²) in [6.07, 6.45) is 2.73. The van der Waals surface area contributed by atoms with Crippen LogP contribution in [0.1, 0.15) is 16.7 Å². The molecule has 0 saturated heterocycles. The highest BCUT2D eigenvalue weighted by Gasteiger charge is 2.32. The van der Waals surface area contributed by atoms with Crippen molar-refractivity contribution in [2.24, 2.45) is 0 Å². The fourth-order valence-corrected chi connectivity index (χ4v) is 5.59. The van der Waals surface area contributed by atoms with Crippen LogP contribution in [-0.4, -0.2) is 29.8 Å². The van der Waals surface area contributed by atoms with Crippen molar-refractivity contribution in [2.75, 3.05) is 18.0 Å². The smallest absolute Gasteiger partial charge is 0.265 e. The van der Waals surface area contributed by atoms with Crippen molar-refractivity contribution in [3.63, 3.8) is 0 Å². The Morgan fingerprint density at radius 2 is 1.78 bits per heavy atom. The number of hydrogen-bond donors (Lipinski definition) is 0. The second-order valence-corrected chi connectivity index (χ2v) is 9.86. The molecule has 0 N–H and O–H groups in total. The third-order valence-corrected chi connectivity index (χ3v) is 7.33. The molecule has 0 spiro atoms. The molecule has 0 saturated carbocycles. The first-order chi connectivity index (χ1) is 15.6. The standard InChI is InChI=1S/C26H21BrN2O2S/c27-21-9-5-6-18(14-21)15-24-26(31)29(22-10-3-4-11-23(22)32-24)17-25(30)28-13-12-19-7-1-2-8-20(19)16-28/h1-11,14-15H,12-13,16-17H2/b24-15+. The summed E-state index contributed by atoms with van der Waals surface area (Å²) >= 11 is 4.94. The highest BCUT2D eigenvalue weighted by atomic mass is 79.9. The normalized spacial score (nSPS) is 16.7. The third-order valence-electron chi connectivity index (χ3n) is 5.76. The number of nitrogens with zero attached hydrogens (tertiary/aromatic N) is 2. The number of benzene rings is 3. The van der Waals surface area contributed by atoms with E-state index in [-0.39, 0.29) is 18.4 Å². The molecule has 4 nitrogen and oxygen atoms in total. The van der Waals surface area contributed by atoms with Gasteiger partial charge in [-0.05, 0) is 53.5 Å². The number of rotatable bonds is 3. The number of hydrogen-bond acceptors (Lipinski definition) is 3. The lowest BCUT2D eigenvalue weighted by atomic mass is 10.00. The highest BCUT2D eigenvalue weighted by Crippen LogP contribution is 2.42. The van der Waals surface area contributed by atoms with Gasteiger partial charge >= 0.3 is 0 Å². The number of carbonyl (C=O) groups excluding carboxylic acids is 2. The van der Waals surface area contributed by atoms with Crippen LogP contribution in [0.4, 0.5) is 5.69 Å². The van der Waals surface area contributed by atoms with E-state index in [0.717, 1.165) is 27.0 Å². The number of thioether (sulfide) groups is 1. The zero-order valence-corrected chi connectivity index (χ0v) is 19.7. The monoisotopic (exact) mass is 504 g/mol. The topological polar surface area (TPSA) is 40.6 Å². The highest BCUT2D eigenvalue weighted by molar-refractivity contribution is 9.10. The van der Waals surface area contributed by atoms with Crippen molar-refractivity contribution in [3.8, 4) is 0 Å². The molecule has 3 aromatic rings. The maximum atomic E-state index is 13.4. The van der Waals surface area contributed by atoms with Crippen LogP contribution in [0.5, 0.6) is 0 Å². The molecule has 32 heavy (non-hydrogen) atoms. The molecule has 2 amide bonds. The van der Waals surface area contributed by atoms with E-state index in [1.165, 1.54) is 22.9 Å². The van der Waals surface area contributed by atoms with Crippen LogP contribution in [0.25, 0.3) is 6.08 Å². The Hall–Kier alpha value is -2.83. The van der Waals surface area contributed by atoms with E-state index in [1.54, 1.807) is 4.90 Å². The molecule has 2 aliphatic heterocycles. The van der Waals surface area contributed by atoms with Gasteiger partial charge in [0.25, 0.3) is 5.91 Å². The lowest BCUT2D eigenvalue weighted by Crippen LogP contribution is -2.45. The van der Waals surface area contributed by atoms with Crippen LogP contribution in [0.3, 0.4) is 0 Å². The van der Waals surface area contributed by atoms with Crippen LogP contribution >= 0.6 is 27.7 Å². The summed E-state index contributed by atoms with van der Waals surface area (Å²) in [5.74, 6) is -0.171. The number of fused-ring (bicyclic) bond motifs is 2. The fourth-order valence-electron chi connectivity index (χ4n) is 4.11. The summed E-state index contributed by atoms with van der Waals surface area (Å²) in [6, 6.07) is 23.9. The molecule has 0 aromatic heterocycles. The predicted octanol–water partition coefficient (Wildman–Crippen LogP) is 5.51. The number of para-hydroxylation sites is 1. The molecule has 0 fully saturated rings. The van der Waals surface area contributed by atoms with Gasteiger partial charge in [-0.2, -0.15) is 0 Å². The molecule has 0 atom stereocenters. The van der Waals surface area contributed by atoms with Gasteiger partial charge in [-0.25, -0.2) is 0 Å². The quantitative estimate of drug-likeness (QED) is 0.441. The molecule has 0 unspecified atom stereocenters. The number of anilines is 1. The van der Waals surface area contributed by atoms with Gasteiger partial charge in [0.2, 0.25) is 5.91 Å². The molecular weight excluding hydrogens is 484 g/mol. The van der Waals surface area contributed by atoms with Crippen molar-refractivity contribution >= 4 is 51.3 Å². The van der Waals surface area contributed by atoms with E-state index in [9.17, 15) is 9.59 Å². The van der Waals surface area contributed by atoms with Crippen LogP contribution < -0.4 is 4.90 Å². The first kappa shape index (κ1) is 21.0. The minimum absolute atomic E-state index is 0.0311. The van der Waals surface area contributed by atoms with Gasteiger partial charge < -0.3 is 4.90 Å². The zero-order valence-electron chi connectivity index (χ0n) is 17.3. The zero-order chi connectivity index (χ0) is 22.1. The van der Waals surface area contributed by atoms with E-state index in [0.29, 0.717) is 18.0 Å². The summed E-state index contributed by atoms with van der Waals surface area (Å²) in [5.41, 5.74) is 4.21. The Labute approximate surface area is 200 Å². The minimum atomic E-state index is -0.139. The SMILES string of the molecule is O=C(CN1C(=O)/C(=C\c2cccc(Br)c2)Sc2ccccc21)N1CCc2ccccc2C1. The Bertz CT molecular complexity index is 1240. The minimum Gasteiger partial charge on any atom is -0.336 e. The average molecular weight is 505 g/mol. The fraction of sp³-hybridized carbons (Fsp3) is 0.154. The first-order valence-corrected chi connectivity index (χ1v) is 12.1. The summed E-state index contributed by atoms with van der Waals surface area (Å²) in [4.78, 5) is 31.8. The van der Waals surface area contributed by atoms with Crippen molar-refractivity contribution < 1.29 is 9.59 Å². The Balaban J connectivity index is 1.42. The summed E-state index contributed by atoms with van der Waals surface area (Å²) < 4.78 is 0.956. The van der Waals surface area contributed by atoms with Crippen LogP contribution in [0, 0.1) is 0 Å². The summed E-state index contributed by atoms with van der Waals surface area (Å²) in [7, 11) is 0. The molecule has 160 valence electrons. The number of halogens is 1. The third kappa shape index (κ3) is 4.25. The van der Waals surface area contributed by atoms with E-state index >= 15 is 0 Å². The van der Waals surface area contributed by atoms with Crippen LogP contribution in [0.15, 0.2) is 87.1 Å². The molecule has 0 radical (unpaired) electrons. The molecule has 0 bridgehead atoms. The van der Waals surface area contributed by atoms with Gasteiger partial charge in [0.15, 0.2) is 0 Å². The maximum absolute atomic E-state index is 13.4. The second kappa shape index (κ2) is 8.96. The second-order valence-electron chi connectivity index (χ2n) is 7.86. The van der Waals surface area contributed by atoms with Crippen LogP contribution in [0.2, 0.25) is 0 Å². The lowest BCUT2D eigenvalue weighted by Gasteiger charge is -2.34. The van der Waals surface area contributed by atoms with Gasteiger partial charge in [-0.1, -0.05) is 76.2 Å². The molecule has 0 aliphatic carbocycles. The average Bonchev–Trinajstić information content (AvgIpc) is 2.81. The predicted molar refractivity (Wildman–Crippen MR) is 132 cm³/mol. The van der Waals surface area contributed by atoms with E-state index in [1.807, 2.05) is 71.6 Å². The van der Waals surface area contributed by atoms with Crippen molar-refractivity contribution in [3.05, 3.63) is 98.9 Å². The summed E-state index contributed by atoms with van der Waals surface area (Å²) in [6.45, 7) is 1.30. The van der Waals surface area contributed by atoms with Gasteiger partial charge in [0.1, 0.15) is 6.54 Å². The molecule has 2 heterocycles. The van der Waals surface area contributed by atoms with E-state index < -0.39 is 0 Å². The van der Waals surface area contributed by atoms with Gasteiger partial charge in [-0.15, -0.1) is 0 Å². The van der Waals surface area contributed by atoms with E-state index in [4.69, 9.17) is 0 Å². The van der Waals surface area contributed by atoms with Crippen molar-refractivity contribution in [2.45, 2.75) is 17.9 Å². The Morgan fingerprint density at radius 1 is 1.00 bits per heavy atom. The van der Waals surface area contributed by atoms with E-state index in [2.05, 4.69) is 28.1 Å². The van der Waals surface area contributed by atoms with Crippen LogP contribution in [-0.2, 0) is 22.6 Å². The summed E-state index contributed by atoms with van der Waals surface area (Å²) in [5, 5.41) is 0. The molecule has 2 aliphatic rings. The van der Waals surface area contributed by atoms with Crippen molar-refractivity contribution in [1.29, 1.82) is 0 Å². The Kier molecular flexibility index (Phi) is 5.89. The molecule has 5 rings (SSSR count). The van der Waals surface area contributed by atoms with Gasteiger partial charge in [-0.3, -0.25) is 14.5 Å². The van der Waals surface area contributed by atoms with Crippen molar-refractivity contribution in [1.82, 2.24) is 4.90 Å². The first-order valence-electron chi connectivity index (χ1n) is 10.5. The largest absolute Gasteiger partial charge is 0.336 e. The number of carbonyl (C=O) groups is 2. The maximum Gasteiger partial charge on any atom is 0.265 e. The van der Waals surface area contributed by atoms with Gasteiger partial charge in [0.05, 0.1) is 10.6 Å². The molecule has 3 aromatic carbocycles. The number of amides is 2. The van der Waals surface area contributed by atoms with Gasteiger partial charge in [0, 0.05) is 22.5 Å². The molecule has 6 heteroatoms.